The van der Waals surface area contributed by atoms with Gasteiger partial charge >= 0.3 is 0 Å². The second-order valence-electron chi connectivity index (χ2n) is 5.56. The van der Waals surface area contributed by atoms with Crippen LogP contribution < -0.4 is 10.1 Å². The van der Waals surface area contributed by atoms with Crippen molar-refractivity contribution in [2.24, 2.45) is 5.92 Å². The fourth-order valence-electron chi connectivity index (χ4n) is 2.17. The van der Waals surface area contributed by atoms with Gasteiger partial charge in [-0.05, 0) is 24.6 Å². The van der Waals surface area contributed by atoms with Crippen LogP contribution in [0.15, 0.2) is 29.2 Å². The summed E-state index contributed by atoms with van der Waals surface area (Å²) in [5, 5.41) is 3.08. The number of hydrogen-bond acceptors (Lipinski definition) is 5. The SMILES string of the molecule is CN(CCCOc1cccc(S(C)(=O)=O)c1)C(=O)C1CNC1. The molecule has 7 heteroatoms. The molecule has 2 rings (SSSR count). The molecule has 122 valence electrons. The first-order valence-electron chi connectivity index (χ1n) is 7.26. The average Bonchev–Trinajstić information content (AvgIpc) is 2.41. The Kier molecular flexibility index (Phi) is 5.42. The molecule has 1 amide bonds. The van der Waals surface area contributed by atoms with Crippen LogP contribution in [0.25, 0.3) is 0 Å². The zero-order valence-electron chi connectivity index (χ0n) is 12.9. The van der Waals surface area contributed by atoms with Gasteiger partial charge in [0.05, 0.1) is 17.4 Å². The van der Waals surface area contributed by atoms with E-state index in [4.69, 9.17) is 4.74 Å². The molecule has 0 unspecified atom stereocenters. The van der Waals surface area contributed by atoms with Crippen LogP contribution in [0.5, 0.6) is 5.75 Å². The van der Waals surface area contributed by atoms with Gasteiger partial charge in [-0.15, -0.1) is 0 Å². The largest absolute Gasteiger partial charge is 0.493 e. The number of sulfone groups is 1. The molecule has 0 spiro atoms. The second kappa shape index (κ2) is 7.11. The number of hydrogen-bond donors (Lipinski definition) is 1. The van der Waals surface area contributed by atoms with Crippen molar-refractivity contribution in [2.75, 3.05) is 39.5 Å². The molecule has 22 heavy (non-hydrogen) atoms. The summed E-state index contributed by atoms with van der Waals surface area (Å²) in [6.45, 7) is 2.59. The van der Waals surface area contributed by atoms with Crippen molar-refractivity contribution in [1.29, 1.82) is 0 Å². The third-order valence-electron chi connectivity index (χ3n) is 3.65. The number of carbonyl (C=O) groups is 1. The van der Waals surface area contributed by atoms with E-state index in [-0.39, 0.29) is 16.7 Å². The van der Waals surface area contributed by atoms with Gasteiger partial charge in [-0.2, -0.15) is 0 Å². The molecular formula is C15H22N2O4S. The lowest BCUT2D eigenvalue weighted by Crippen LogP contribution is -2.51. The lowest BCUT2D eigenvalue weighted by Gasteiger charge is -2.30. The Labute approximate surface area is 131 Å². The zero-order chi connectivity index (χ0) is 16.2. The van der Waals surface area contributed by atoms with Gasteiger partial charge < -0.3 is 15.0 Å². The summed E-state index contributed by atoms with van der Waals surface area (Å²) in [5.41, 5.74) is 0. The first-order chi connectivity index (χ1) is 10.4. The number of rotatable bonds is 7. The van der Waals surface area contributed by atoms with E-state index < -0.39 is 9.84 Å². The van der Waals surface area contributed by atoms with E-state index in [1.807, 2.05) is 0 Å². The van der Waals surface area contributed by atoms with Gasteiger partial charge in [0.1, 0.15) is 5.75 Å². The van der Waals surface area contributed by atoms with Crippen molar-refractivity contribution in [3.63, 3.8) is 0 Å². The first kappa shape index (κ1) is 16.8. The Balaban J connectivity index is 1.75. The summed E-state index contributed by atoms with van der Waals surface area (Å²) in [6.07, 6.45) is 1.87. The molecule has 0 aliphatic carbocycles. The normalized spacial score (nSPS) is 15.2. The van der Waals surface area contributed by atoms with Crippen LogP contribution in [-0.2, 0) is 14.6 Å². The molecule has 0 radical (unpaired) electrons. The number of carbonyl (C=O) groups excluding carboxylic acids is 1. The predicted octanol–water partition coefficient (Wildman–Crippen LogP) is 0.537. The fraction of sp³-hybridized carbons (Fsp3) is 0.533. The maximum Gasteiger partial charge on any atom is 0.227 e. The smallest absolute Gasteiger partial charge is 0.227 e. The average molecular weight is 326 g/mol. The molecule has 1 saturated heterocycles. The summed E-state index contributed by atoms with van der Waals surface area (Å²) in [6, 6.07) is 6.44. The van der Waals surface area contributed by atoms with Crippen molar-refractivity contribution >= 4 is 15.7 Å². The Bertz CT molecular complexity index is 626. The van der Waals surface area contributed by atoms with E-state index in [1.165, 1.54) is 12.3 Å². The van der Waals surface area contributed by atoms with E-state index in [2.05, 4.69) is 5.32 Å². The zero-order valence-corrected chi connectivity index (χ0v) is 13.7. The Hall–Kier alpha value is -1.60. The van der Waals surface area contributed by atoms with Crippen LogP contribution in [0.4, 0.5) is 0 Å². The molecule has 0 bridgehead atoms. The van der Waals surface area contributed by atoms with Crippen LogP contribution in [0.3, 0.4) is 0 Å². The number of nitrogens with one attached hydrogen (secondary N) is 1. The van der Waals surface area contributed by atoms with Gasteiger partial charge in [0.15, 0.2) is 9.84 Å². The number of ether oxygens (including phenoxy) is 1. The van der Waals surface area contributed by atoms with Crippen molar-refractivity contribution in [3.05, 3.63) is 24.3 Å². The topological polar surface area (TPSA) is 75.7 Å². The fourth-order valence-corrected chi connectivity index (χ4v) is 2.83. The number of benzene rings is 1. The van der Waals surface area contributed by atoms with Gasteiger partial charge in [0.2, 0.25) is 5.91 Å². The lowest BCUT2D eigenvalue weighted by atomic mass is 10.0. The molecule has 1 aliphatic rings. The maximum atomic E-state index is 11.9. The summed E-state index contributed by atoms with van der Waals surface area (Å²) in [4.78, 5) is 13.9. The van der Waals surface area contributed by atoms with Gasteiger partial charge in [-0.1, -0.05) is 6.07 Å². The summed E-state index contributed by atoms with van der Waals surface area (Å²) >= 11 is 0. The molecule has 1 aromatic carbocycles. The highest BCUT2D eigenvalue weighted by Crippen LogP contribution is 2.17. The molecule has 1 aromatic rings. The molecule has 1 N–H and O–H groups in total. The minimum Gasteiger partial charge on any atom is -0.493 e. The third kappa shape index (κ3) is 4.45. The molecule has 0 saturated carbocycles. The summed E-state index contributed by atoms with van der Waals surface area (Å²) in [7, 11) is -1.43. The lowest BCUT2D eigenvalue weighted by molar-refractivity contribution is -0.135. The Morgan fingerprint density at radius 1 is 1.41 bits per heavy atom. The first-order valence-corrected chi connectivity index (χ1v) is 9.15. The molecule has 1 fully saturated rings. The van der Waals surface area contributed by atoms with Gasteiger partial charge in [-0.25, -0.2) is 8.42 Å². The number of amides is 1. The van der Waals surface area contributed by atoms with Crippen molar-refractivity contribution in [3.8, 4) is 5.75 Å². The standard InChI is InChI=1S/C15H22N2O4S/c1-17(15(18)12-10-16-11-12)7-4-8-21-13-5-3-6-14(9-13)22(2,19)20/h3,5-6,9,12,16H,4,7-8,10-11H2,1-2H3. The van der Waals surface area contributed by atoms with E-state index >= 15 is 0 Å². The van der Waals surface area contributed by atoms with Gasteiger partial charge in [-0.3, -0.25) is 4.79 Å². The van der Waals surface area contributed by atoms with Crippen molar-refractivity contribution < 1.29 is 17.9 Å². The molecule has 6 nitrogen and oxygen atoms in total. The van der Waals surface area contributed by atoms with Crippen LogP contribution >= 0.6 is 0 Å². The third-order valence-corrected chi connectivity index (χ3v) is 4.76. The molecule has 0 aromatic heterocycles. The highest BCUT2D eigenvalue weighted by atomic mass is 32.2. The maximum absolute atomic E-state index is 11.9. The Morgan fingerprint density at radius 3 is 2.73 bits per heavy atom. The number of nitrogens with zero attached hydrogens (tertiary/aromatic N) is 1. The van der Waals surface area contributed by atoms with Crippen LogP contribution in [0.1, 0.15) is 6.42 Å². The monoisotopic (exact) mass is 326 g/mol. The molecule has 0 atom stereocenters. The Morgan fingerprint density at radius 2 is 2.14 bits per heavy atom. The summed E-state index contributed by atoms with van der Waals surface area (Å²) in [5.74, 6) is 0.801. The van der Waals surface area contributed by atoms with Gasteiger partial charge in [0, 0.05) is 32.9 Å². The van der Waals surface area contributed by atoms with Crippen LogP contribution in [0.2, 0.25) is 0 Å². The second-order valence-corrected chi connectivity index (χ2v) is 7.58. The van der Waals surface area contributed by atoms with Crippen molar-refractivity contribution in [1.82, 2.24) is 10.2 Å². The molecular weight excluding hydrogens is 304 g/mol. The van der Waals surface area contributed by atoms with Crippen LogP contribution in [0, 0.1) is 5.92 Å². The highest BCUT2D eigenvalue weighted by Gasteiger charge is 2.27. The predicted molar refractivity (Wildman–Crippen MR) is 83.7 cm³/mol. The minimum absolute atomic E-state index is 0.109. The van der Waals surface area contributed by atoms with E-state index in [1.54, 1.807) is 30.1 Å². The van der Waals surface area contributed by atoms with Crippen molar-refractivity contribution in [2.45, 2.75) is 11.3 Å². The summed E-state index contributed by atoms with van der Waals surface area (Å²) < 4.78 is 28.5. The van der Waals surface area contributed by atoms with Crippen LogP contribution in [-0.4, -0.2) is 58.8 Å². The van der Waals surface area contributed by atoms with Gasteiger partial charge in [0.25, 0.3) is 0 Å². The van der Waals surface area contributed by atoms with E-state index in [0.717, 1.165) is 13.1 Å². The minimum atomic E-state index is -3.23. The molecule has 1 heterocycles. The highest BCUT2D eigenvalue weighted by molar-refractivity contribution is 7.90. The van der Waals surface area contributed by atoms with E-state index in [9.17, 15) is 13.2 Å². The van der Waals surface area contributed by atoms with E-state index in [0.29, 0.717) is 25.3 Å². The quantitative estimate of drug-likeness (QED) is 0.740. The molecule has 1 aliphatic heterocycles.